The first-order valence-corrected chi connectivity index (χ1v) is 6.02. The summed E-state index contributed by atoms with van der Waals surface area (Å²) in [5.41, 5.74) is 0.489. The zero-order valence-electron chi connectivity index (χ0n) is 9.84. The molecule has 0 spiro atoms. The zero-order chi connectivity index (χ0) is 10.2. The van der Waals surface area contributed by atoms with E-state index in [1.165, 1.54) is 32.4 Å². The van der Waals surface area contributed by atoms with E-state index in [-0.39, 0.29) is 0 Å². The van der Waals surface area contributed by atoms with Gasteiger partial charge >= 0.3 is 0 Å². The molecule has 2 rings (SSSR count). The second kappa shape index (κ2) is 3.82. The molecule has 2 unspecified atom stereocenters. The van der Waals surface area contributed by atoms with Gasteiger partial charge in [-0.25, -0.2) is 0 Å². The number of fused-ring (bicyclic) bond motifs is 1. The predicted molar refractivity (Wildman–Crippen MR) is 60.2 cm³/mol. The lowest BCUT2D eigenvalue weighted by Gasteiger charge is -2.46. The summed E-state index contributed by atoms with van der Waals surface area (Å²) in [6.45, 7) is 10.8. The molecule has 0 amide bonds. The standard InChI is InChI=1S/C12H24N2/c1-12(2,3)10-4-5-11-6-7-13-9-14(11)8-10/h10-11,13H,4-9H2,1-3H3. The minimum Gasteiger partial charge on any atom is -0.304 e. The van der Waals surface area contributed by atoms with Gasteiger partial charge in [-0.3, -0.25) is 4.90 Å². The highest BCUT2D eigenvalue weighted by Crippen LogP contribution is 2.36. The fourth-order valence-corrected chi connectivity index (χ4v) is 2.82. The quantitative estimate of drug-likeness (QED) is 0.638. The molecule has 2 aliphatic heterocycles. The Labute approximate surface area is 88.1 Å². The molecule has 2 fully saturated rings. The van der Waals surface area contributed by atoms with E-state index in [9.17, 15) is 0 Å². The molecular formula is C12H24N2. The molecule has 2 saturated heterocycles. The van der Waals surface area contributed by atoms with Crippen LogP contribution in [0.25, 0.3) is 0 Å². The molecule has 0 saturated carbocycles. The molecule has 0 aromatic rings. The van der Waals surface area contributed by atoms with Crippen LogP contribution in [0.4, 0.5) is 0 Å². The highest BCUT2D eigenvalue weighted by atomic mass is 15.3. The third-order valence-corrected chi connectivity index (χ3v) is 4.01. The molecule has 2 atom stereocenters. The minimum atomic E-state index is 0.489. The van der Waals surface area contributed by atoms with Gasteiger partial charge in [-0.2, -0.15) is 0 Å². The molecule has 2 heteroatoms. The minimum absolute atomic E-state index is 0.489. The average Bonchev–Trinajstić information content (AvgIpc) is 2.16. The highest BCUT2D eigenvalue weighted by molar-refractivity contribution is 4.88. The number of nitrogens with one attached hydrogen (secondary N) is 1. The van der Waals surface area contributed by atoms with Crippen LogP contribution in [0.3, 0.4) is 0 Å². The average molecular weight is 196 g/mol. The van der Waals surface area contributed by atoms with Gasteiger partial charge in [-0.15, -0.1) is 0 Å². The number of nitrogens with zero attached hydrogens (tertiary/aromatic N) is 1. The Morgan fingerprint density at radius 3 is 2.64 bits per heavy atom. The van der Waals surface area contributed by atoms with E-state index in [0.717, 1.165) is 18.6 Å². The summed E-state index contributed by atoms with van der Waals surface area (Å²) in [4.78, 5) is 2.66. The fourth-order valence-electron chi connectivity index (χ4n) is 2.82. The van der Waals surface area contributed by atoms with Crippen LogP contribution in [0.15, 0.2) is 0 Å². The highest BCUT2D eigenvalue weighted by Gasteiger charge is 2.34. The van der Waals surface area contributed by atoms with Crippen molar-refractivity contribution in [2.75, 3.05) is 19.8 Å². The zero-order valence-corrected chi connectivity index (χ0v) is 9.84. The van der Waals surface area contributed by atoms with Crippen molar-refractivity contribution in [2.24, 2.45) is 11.3 Å². The molecule has 82 valence electrons. The third-order valence-electron chi connectivity index (χ3n) is 4.01. The van der Waals surface area contributed by atoms with Crippen molar-refractivity contribution in [1.82, 2.24) is 10.2 Å². The number of hydrogen-bond acceptors (Lipinski definition) is 2. The van der Waals surface area contributed by atoms with Crippen LogP contribution in [0.1, 0.15) is 40.0 Å². The first-order valence-electron chi connectivity index (χ1n) is 6.02. The Balaban J connectivity index is 1.96. The largest absolute Gasteiger partial charge is 0.304 e. The maximum absolute atomic E-state index is 3.48. The summed E-state index contributed by atoms with van der Waals surface area (Å²) < 4.78 is 0. The molecule has 0 aliphatic carbocycles. The summed E-state index contributed by atoms with van der Waals surface area (Å²) in [6, 6.07) is 0.884. The van der Waals surface area contributed by atoms with Crippen LogP contribution in [0.2, 0.25) is 0 Å². The Hall–Kier alpha value is -0.0800. The normalized spacial score (nSPS) is 35.4. The lowest BCUT2D eigenvalue weighted by atomic mass is 9.74. The maximum Gasteiger partial charge on any atom is 0.0483 e. The van der Waals surface area contributed by atoms with E-state index < -0.39 is 0 Å². The van der Waals surface area contributed by atoms with Crippen LogP contribution in [0, 0.1) is 11.3 Å². The van der Waals surface area contributed by atoms with Crippen molar-refractivity contribution in [1.29, 1.82) is 0 Å². The molecule has 0 bridgehead atoms. The second-order valence-corrected chi connectivity index (χ2v) is 6.01. The van der Waals surface area contributed by atoms with Crippen molar-refractivity contribution in [2.45, 2.75) is 46.1 Å². The summed E-state index contributed by atoms with van der Waals surface area (Å²) in [5.74, 6) is 0.888. The molecular weight excluding hydrogens is 172 g/mol. The monoisotopic (exact) mass is 196 g/mol. The van der Waals surface area contributed by atoms with Gasteiger partial charge in [0.1, 0.15) is 0 Å². The first-order chi connectivity index (χ1) is 6.57. The maximum atomic E-state index is 3.48. The second-order valence-electron chi connectivity index (χ2n) is 6.01. The van der Waals surface area contributed by atoms with Crippen molar-refractivity contribution in [3.63, 3.8) is 0 Å². The molecule has 2 aliphatic rings. The lowest BCUT2D eigenvalue weighted by molar-refractivity contribution is 0.0297. The molecule has 0 aromatic heterocycles. The van der Waals surface area contributed by atoms with Crippen molar-refractivity contribution >= 4 is 0 Å². The fraction of sp³-hybridized carbons (Fsp3) is 1.00. The van der Waals surface area contributed by atoms with E-state index in [2.05, 4.69) is 31.0 Å². The van der Waals surface area contributed by atoms with Gasteiger partial charge in [0.05, 0.1) is 0 Å². The van der Waals surface area contributed by atoms with E-state index in [1.54, 1.807) is 0 Å². The van der Waals surface area contributed by atoms with Crippen LogP contribution < -0.4 is 5.32 Å². The van der Waals surface area contributed by atoms with Gasteiger partial charge in [0.15, 0.2) is 0 Å². The van der Waals surface area contributed by atoms with Gasteiger partial charge in [0, 0.05) is 19.3 Å². The van der Waals surface area contributed by atoms with Gasteiger partial charge in [-0.05, 0) is 37.1 Å². The summed E-state index contributed by atoms with van der Waals surface area (Å²) in [7, 11) is 0. The van der Waals surface area contributed by atoms with E-state index in [0.29, 0.717) is 5.41 Å². The molecule has 2 heterocycles. The molecule has 0 radical (unpaired) electrons. The van der Waals surface area contributed by atoms with E-state index >= 15 is 0 Å². The molecule has 1 N–H and O–H groups in total. The van der Waals surface area contributed by atoms with Gasteiger partial charge in [0.25, 0.3) is 0 Å². The van der Waals surface area contributed by atoms with Crippen LogP contribution in [-0.2, 0) is 0 Å². The summed E-state index contributed by atoms with van der Waals surface area (Å²) in [6.07, 6.45) is 4.21. The summed E-state index contributed by atoms with van der Waals surface area (Å²) >= 11 is 0. The smallest absolute Gasteiger partial charge is 0.0483 e. The Morgan fingerprint density at radius 1 is 1.14 bits per heavy atom. The van der Waals surface area contributed by atoms with E-state index in [4.69, 9.17) is 0 Å². The number of rotatable bonds is 0. The Bertz CT molecular complexity index is 195. The van der Waals surface area contributed by atoms with Gasteiger partial charge in [0.2, 0.25) is 0 Å². The Kier molecular flexibility index (Phi) is 2.85. The van der Waals surface area contributed by atoms with Crippen molar-refractivity contribution in [3.05, 3.63) is 0 Å². The molecule has 2 nitrogen and oxygen atoms in total. The van der Waals surface area contributed by atoms with Gasteiger partial charge in [-0.1, -0.05) is 20.8 Å². The third kappa shape index (κ3) is 2.12. The molecule has 0 aromatic carbocycles. The number of hydrogen-bond donors (Lipinski definition) is 1. The van der Waals surface area contributed by atoms with Crippen LogP contribution in [-0.4, -0.2) is 30.7 Å². The van der Waals surface area contributed by atoms with Crippen LogP contribution in [0.5, 0.6) is 0 Å². The summed E-state index contributed by atoms with van der Waals surface area (Å²) in [5, 5.41) is 3.48. The first kappa shape index (κ1) is 10.4. The van der Waals surface area contributed by atoms with Crippen LogP contribution >= 0.6 is 0 Å². The lowest BCUT2D eigenvalue weighted by Crippen LogP contribution is -2.54. The molecule has 14 heavy (non-hydrogen) atoms. The Morgan fingerprint density at radius 2 is 1.93 bits per heavy atom. The van der Waals surface area contributed by atoms with Crippen molar-refractivity contribution < 1.29 is 0 Å². The predicted octanol–water partition coefficient (Wildman–Crippen LogP) is 2.06. The van der Waals surface area contributed by atoms with Gasteiger partial charge < -0.3 is 5.32 Å². The number of piperidine rings is 1. The van der Waals surface area contributed by atoms with Crippen molar-refractivity contribution in [3.8, 4) is 0 Å². The van der Waals surface area contributed by atoms with E-state index in [1.807, 2.05) is 0 Å². The SMILES string of the molecule is CC(C)(C)C1CCC2CCNCN2C1. The topological polar surface area (TPSA) is 15.3 Å².